The van der Waals surface area contributed by atoms with Gasteiger partial charge in [-0.2, -0.15) is 0 Å². The van der Waals surface area contributed by atoms with E-state index >= 15 is 0 Å². The van der Waals surface area contributed by atoms with Crippen LogP contribution >= 0.6 is 0 Å². The Bertz CT molecular complexity index is 1970. The quantitative estimate of drug-likeness (QED) is 0.245. The third-order valence-electron chi connectivity index (χ3n) is 7.08. The minimum absolute atomic E-state index is 0.0962. The molecule has 0 N–H and O–H groups in total. The van der Waals surface area contributed by atoms with Crippen LogP contribution in [0.5, 0.6) is 0 Å². The molecule has 2 aromatic heterocycles. The molecule has 0 spiro atoms. The zero-order valence-electron chi connectivity index (χ0n) is 29.6. The van der Waals surface area contributed by atoms with Crippen LogP contribution in [0.2, 0.25) is 0 Å². The topological polar surface area (TPSA) is 17.0 Å². The molecule has 2 nitrogen and oxygen atoms in total. The van der Waals surface area contributed by atoms with Crippen LogP contribution < -0.4 is 4.57 Å². The Hall–Kier alpha value is -3.39. The first-order valence-corrected chi connectivity index (χ1v) is 11.3. The van der Waals surface area contributed by atoms with Crippen molar-refractivity contribution in [3.63, 3.8) is 0 Å². The summed E-state index contributed by atoms with van der Waals surface area (Å²) in [7, 11) is 1.75. The van der Waals surface area contributed by atoms with E-state index < -0.39 is 31.9 Å². The van der Waals surface area contributed by atoms with E-state index in [1.165, 1.54) is 0 Å². The van der Waals surface area contributed by atoms with Crippen LogP contribution in [-0.2, 0) is 12.5 Å². The monoisotopic (exact) mass is 456 g/mol. The molecule has 34 heavy (non-hydrogen) atoms. The Kier molecular flexibility index (Phi) is 2.68. The summed E-state index contributed by atoms with van der Waals surface area (Å²) < 4.78 is 92.3. The fourth-order valence-corrected chi connectivity index (χ4v) is 5.34. The van der Waals surface area contributed by atoms with Gasteiger partial charge in [0.1, 0.15) is 18.2 Å². The Morgan fingerprint density at radius 2 is 1.76 bits per heavy atom. The summed E-state index contributed by atoms with van der Waals surface area (Å²) in [6.45, 7) is -2.98. The van der Waals surface area contributed by atoms with E-state index in [2.05, 4.69) is 0 Å². The molecule has 0 saturated carbocycles. The van der Waals surface area contributed by atoms with Crippen molar-refractivity contribution in [2.24, 2.45) is 7.05 Å². The first kappa shape index (κ1) is 12.9. The van der Waals surface area contributed by atoms with Crippen LogP contribution in [0.3, 0.4) is 0 Å². The van der Waals surface area contributed by atoms with Crippen LogP contribution in [0.25, 0.3) is 44.3 Å². The first-order chi connectivity index (χ1) is 20.2. The van der Waals surface area contributed by atoms with Crippen molar-refractivity contribution in [1.29, 1.82) is 0 Å². The summed E-state index contributed by atoms with van der Waals surface area (Å²) in [5.74, 6) is -1.20. The van der Waals surface area contributed by atoms with E-state index in [-0.39, 0.29) is 16.7 Å². The number of benzene rings is 3. The lowest BCUT2D eigenvalue weighted by Crippen LogP contribution is -2.32. The summed E-state index contributed by atoms with van der Waals surface area (Å²) >= 11 is 0. The van der Waals surface area contributed by atoms with Gasteiger partial charge in [-0.1, -0.05) is 63.9 Å². The molecule has 2 heterocycles. The lowest BCUT2D eigenvalue weighted by molar-refractivity contribution is -0.660. The second-order valence-electron chi connectivity index (χ2n) is 9.52. The van der Waals surface area contributed by atoms with Gasteiger partial charge >= 0.3 is 0 Å². The first-order valence-electron chi connectivity index (χ1n) is 16.3. The molecule has 0 fully saturated rings. The van der Waals surface area contributed by atoms with Crippen LogP contribution in [0.4, 0.5) is 0 Å². The Morgan fingerprint density at radius 3 is 2.53 bits per heavy atom. The average Bonchev–Trinajstić information content (AvgIpc) is 3.39. The van der Waals surface area contributed by atoms with E-state index in [1.54, 1.807) is 68.1 Å². The molecule has 1 aliphatic rings. The number of pyridine rings is 1. The lowest BCUT2D eigenvalue weighted by Gasteiger charge is -2.21. The molecule has 1 aliphatic carbocycles. The molecule has 0 atom stereocenters. The molecule has 0 unspecified atom stereocenters. The van der Waals surface area contributed by atoms with Crippen molar-refractivity contribution in [1.82, 2.24) is 0 Å². The van der Waals surface area contributed by atoms with Gasteiger partial charge in [0.05, 0.1) is 5.56 Å². The largest absolute Gasteiger partial charge is 0.455 e. The summed E-state index contributed by atoms with van der Waals surface area (Å²) in [6.07, 6.45) is 1.54. The fraction of sp³-hybridized carbons (Fsp3) is 0.281. The number of hydrogen-bond acceptors (Lipinski definition) is 1. The molecule has 0 aliphatic heterocycles. The van der Waals surface area contributed by atoms with Crippen molar-refractivity contribution in [2.75, 3.05) is 0 Å². The predicted octanol–water partition coefficient (Wildman–Crippen LogP) is 8.12. The van der Waals surface area contributed by atoms with Crippen molar-refractivity contribution >= 4 is 21.9 Å². The van der Waals surface area contributed by atoms with Gasteiger partial charge in [-0.15, -0.1) is 0 Å². The lowest BCUT2D eigenvalue weighted by atomic mass is 9.82. The summed E-state index contributed by atoms with van der Waals surface area (Å²) in [4.78, 5) is 0. The standard InChI is InChI=1S/C32H32NO/c1-18(2)23-15-28(33(7)17-20(23)4)30-19(3)12-13-22-25-14-24-21-10-8-9-11-26(21)32(5,6)27(24)16-29(25)34-31(22)30/h8-18H,1-7H3/q+1/i4D3,5D3,6D3,18D. The molecule has 170 valence electrons. The normalized spacial score (nSPS) is 20.0. The second kappa shape index (κ2) is 7.06. The molecule has 0 bridgehead atoms. The number of rotatable bonds is 2. The molecule has 0 amide bonds. The average molecular weight is 457 g/mol. The number of aromatic nitrogens is 1. The van der Waals surface area contributed by atoms with Crippen molar-refractivity contribution in [3.05, 3.63) is 88.6 Å². The van der Waals surface area contributed by atoms with Gasteiger partial charge in [-0.25, -0.2) is 4.57 Å². The highest BCUT2D eigenvalue weighted by Crippen LogP contribution is 2.51. The van der Waals surface area contributed by atoms with Gasteiger partial charge in [-0.05, 0) is 65.2 Å². The highest BCUT2D eigenvalue weighted by Gasteiger charge is 2.36. The smallest absolute Gasteiger partial charge is 0.216 e. The third kappa shape index (κ3) is 2.78. The van der Waals surface area contributed by atoms with E-state index in [9.17, 15) is 0 Å². The zero-order chi connectivity index (χ0) is 32.4. The van der Waals surface area contributed by atoms with Crippen molar-refractivity contribution in [3.8, 4) is 22.4 Å². The molecule has 2 heteroatoms. The number of furan rings is 1. The maximum atomic E-state index is 8.73. The number of fused-ring (bicyclic) bond motifs is 6. The second-order valence-corrected chi connectivity index (χ2v) is 9.52. The summed E-state index contributed by atoms with van der Waals surface area (Å²) in [5.41, 5.74) is 2.77. The molecule has 0 radical (unpaired) electrons. The van der Waals surface area contributed by atoms with Gasteiger partial charge < -0.3 is 4.42 Å². The minimum atomic E-state index is -2.89. The van der Waals surface area contributed by atoms with E-state index in [0.717, 1.165) is 10.9 Å². The van der Waals surface area contributed by atoms with Crippen molar-refractivity contribution < 1.29 is 22.7 Å². The maximum Gasteiger partial charge on any atom is 0.216 e. The van der Waals surface area contributed by atoms with E-state index in [0.29, 0.717) is 44.5 Å². The van der Waals surface area contributed by atoms with Gasteiger partial charge in [0.15, 0.2) is 6.20 Å². The summed E-state index contributed by atoms with van der Waals surface area (Å²) in [6, 6.07) is 15.8. The number of hydrogen-bond donors (Lipinski definition) is 0. The fourth-order valence-electron chi connectivity index (χ4n) is 5.34. The molecule has 3 aromatic carbocycles. The Balaban J connectivity index is 1.71. The van der Waals surface area contributed by atoms with Gasteiger partial charge in [0, 0.05) is 41.5 Å². The minimum Gasteiger partial charge on any atom is -0.455 e. The third-order valence-corrected chi connectivity index (χ3v) is 7.08. The van der Waals surface area contributed by atoms with Crippen LogP contribution in [0.15, 0.2) is 65.2 Å². The van der Waals surface area contributed by atoms with Crippen LogP contribution in [0.1, 0.15) is 75.0 Å². The predicted molar refractivity (Wildman–Crippen MR) is 141 cm³/mol. The highest BCUT2D eigenvalue weighted by atomic mass is 16.3. The molecule has 5 aromatic rings. The van der Waals surface area contributed by atoms with E-state index in [1.807, 2.05) is 25.1 Å². The maximum absolute atomic E-state index is 8.73. The zero-order valence-corrected chi connectivity index (χ0v) is 19.6. The van der Waals surface area contributed by atoms with Gasteiger partial charge in [0.25, 0.3) is 0 Å². The van der Waals surface area contributed by atoms with Crippen LogP contribution in [0, 0.1) is 13.8 Å². The number of aryl methyl sites for hydroxylation is 3. The molecular formula is C32H32NO+. The van der Waals surface area contributed by atoms with Crippen molar-refractivity contribution in [2.45, 2.75) is 52.6 Å². The SMILES string of the molecule is [2H]C([2H])([2H])c1c[n+](C)c(-c2c(C)ccc3c2oc2cc4c(cc23)-c2ccccc2C4(C([2H])([2H])[2H])C([2H])([2H])[2H])cc1C([2H])(C)C. The Labute approximate surface area is 215 Å². The molecule has 6 rings (SSSR count). The van der Waals surface area contributed by atoms with Crippen LogP contribution in [-0.4, -0.2) is 0 Å². The molecule has 0 saturated heterocycles. The molecular weight excluding hydrogens is 414 g/mol. The summed E-state index contributed by atoms with van der Waals surface area (Å²) in [5, 5.41) is 1.44. The Morgan fingerprint density at radius 1 is 0.941 bits per heavy atom. The van der Waals surface area contributed by atoms with Gasteiger partial charge in [-0.3, -0.25) is 0 Å². The van der Waals surface area contributed by atoms with Gasteiger partial charge in [0.2, 0.25) is 5.69 Å². The van der Waals surface area contributed by atoms with E-state index in [4.69, 9.17) is 18.1 Å². The highest BCUT2D eigenvalue weighted by molar-refractivity contribution is 6.11. The number of nitrogens with zero attached hydrogens (tertiary/aromatic N) is 1.